The van der Waals surface area contributed by atoms with Crippen molar-refractivity contribution in [2.24, 2.45) is 5.92 Å². The molecule has 0 aliphatic carbocycles. The third kappa shape index (κ3) is 3.72. The molecular formula is C11H13BrCl2NO-. The molecule has 1 unspecified atom stereocenters. The lowest BCUT2D eigenvalue weighted by molar-refractivity contribution is -0.266. The van der Waals surface area contributed by atoms with E-state index in [1.807, 2.05) is 0 Å². The molecule has 5 heteroatoms. The van der Waals surface area contributed by atoms with Crippen molar-refractivity contribution in [3.63, 3.8) is 0 Å². The van der Waals surface area contributed by atoms with Gasteiger partial charge in [-0.3, -0.25) is 0 Å². The van der Waals surface area contributed by atoms with Crippen LogP contribution in [0, 0.1) is 5.92 Å². The standard InChI is InChI=1S/C11H14BrCl2NO/c1-6(2)8(12)5-15-10-4-7(13)3-9(14)11(10)16/h3-4,6,8,15-16H,5H2,1-2H3/p-1. The van der Waals surface area contributed by atoms with E-state index in [0.29, 0.717) is 28.0 Å². The second-order valence-corrected chi connectivity index (χ2v) is 5.92. The van der Waals surface area contributed by atoms with Crippen molar-refractivity contribution in [1.82, 2.24) is 0 Å². The fourth-order valence-corrected chi connectivity index (χ4v) is 1.79. The van der Waals surface area contributed by atoms with Gasteiger partial charge in [0, 0.05) is 27.1 Å². The highest BCUT2D eigenvalue weighted by Gasteiger charge is 2.09. The quantitative estimate of drug-likeness (QED) is 0.852. The van der Waals surface area contributed by atoms with Gasteiger partial charge in [0.2, 0.25) is 0 Å². The van der Waals surface area contributed by atoms with E-state index in [1.54, 1.807) is 6.07 Å². The van der Waals surface area contributed by atoms with Gasteiger partial charge in [0.15, 0.2) is 0 Å². The number of hydrogen-bond donors (Lipinski definition) is 1. The molecule has 0 heterocycles. The van der Waals surface area contributed by atoms with Crippen LogP contribution in [-0.4, -0.2) is 11.4 Å². The minimum atomic E-state index is -0.213. The van der Waals surface area contributed by atoms with E-state index >= 15 is 0 Å². The lowest BCUT2D eigenvalue weighted by Gasteiger charge is -2.20. The lowest BCUT2D eigenvalue weighted by atomic mass is 10.1. The fourth-order valence-electron chi connectivity index (χ4n) is 1.13. The molecule has 1 rings (SSSR count). The summed E-state index contributed by atoms with van der Waals surface area (Å²) in [6.45, 7) is 4.86. The molecule has 0 spiro atoms. The number of anilines is 1. The number of halogens is 3. The first-order valence-corrected chi connectivity index (χ1v) is 6.63. The van der Waals surface area contributed by atoms with E-state index in [0.717, 1.165) is 0 Å². The second kappa shape index (κ2) is 5.99. The first-order chi connectivity index (χ1) is 7.41. The van der Waals surface area contributed by atoms with E-state index in [4.69, 9.17) is 23.2 Å². The largest absolute Gasteiger partial charge is 0.870 e. The van der Waals surface area contributed by atoms with E-state index < -0.39 is 0 Å². The van der Waals surface area contributed by atoms with Crippen molar-refractivity contribution in [3.05, 3.63) is 22.2 Å². The van der Waals surface area contributed by atoms with Crippen LogP contribution < -0.4 is 10.4 Å². The molecule has 1 N–H and O–H groups in total. The molecule has 90 valence electrons. The van der Waals surface area contributed by atoms with Crippen LogP contribution in [0.25, 0.3) is 0 Å². The van der Waals surface area contributed by atoms with Crippen LogP contribution in [0.4, 0.5) is 5.69 Å². The summed E-state index contributed by atoms with van der Waals surface area (Å²) in [5.41, 5.74) is 0.447. The molecule has 0 fully saturated rings. The normalized spacial score (nSPS) is 12.9. The minimum absolute atomic E-state index is 0.144. The zero-order valence-electron chi connectivity index (χ0n) is 9.06. The Bertz CT molecular complexity index is 371. The van der Waals surface area contributed by atoms with Gasteiger partial charge in [0.25, 0.3) is 0 Å². The van der Waals surface area contributed by atoms with E-state index in [-0.39, 0.29) is 10.8 Å². The SMILES string of the molecule is CC(C)C(Br)CNc1cc(Cl)cc(Cl)c1[O-]. The van der Waals surface area contributed by atoms with Gasteiger partial charge in [0.05, 0.1) is 0 Å². The lowest BCUT2D eigenvalue weighted by Crippen LogP contribution is -2.19. The number of alkyl halides is 1. The predicted molar refractivity (Wildman–Crippen MR) is 72.0 cm³/mol. The summed E-state index contributed by atoms with van der Waals surface area (Å²) in [4.78, 5) is 0.296. The Balaban J connectivity index is 2.74. The summed E-state index contributed by atoms with van der Waals surface area (Å²) >= 11 is 15.1. The molecular weight excluding hydrogens is 313 g/mol. The number of rotatable bonds is 4. The Morgan fingerprint density at radius 1 is 1.38 bits per heavy atom. The predicted octanol–water partition coefficient (Wildman–Crippen LogP) is 3.90. The van der Waals surface area contributed by atoms with Crippen molar-refractivity contribution in [3.8, 4) is 5.75 Å². The molecule has 1 aromatic rings. The maximum atomic E-state index is 11.6. The van der Waals surface area contributed by atoms with Crippen LogP contribution in [0.15, 0.2) is 12.1 Å². The summed E-state index contributed by atoms with van der Waals surface area (Å²) in [6.07, 6.45) is 0. The van der Waals surface area contributed by atoms with Gasteiger partial charge in [-0.05, 0) is 18.1 Å². The average Bonchev–Trinajstić information content (AvgIpc) is 2.20. The Kier molecular flexibility index (Phi) is 5.22. The van der Waals surface area contributed by atoms with Gasteiger partial charge < -0.3 is 10.4 Å². The zero-order valence-corrected chi connectivity index (χ0v) is 12.2. The first kappa shape index (κ1) is 13.9. The zero-order chi connectivity index (χ0) is 12.3. The average molecular weight is 326 g/mol. The second-order valence-electron chi connectivity index (χ2n) is 3.91. The fraction of sp³-hybridized carbons (Fsp3) is 0.455. The van der Waals surface area contributed by atoms with Crippen LogP contribution in [0.1, 0.15) is 13.8 Å². The first-order valence-electron chi connectivity index (χ1n) is 4.95. The van der Waals surface area contributed by atoms with Gasteiger partial charge in [-0.2, -0.15) is 0 Å². The molecule has 0 aliphatic rings. The van der Waals surface area contributed by atoms with Gasteiger partial charge in [0.1, 0.15) is 0 Å². The highest BCUT2D eigenvalue weighted by atomic mass is 79.9. The Hall–Kier alpha value is -0.120. The molecule has 1 atom stereocenters. The Morgan fingerprint density at radius 3 is 2.56 bits per heavy atom. The van der Waals surface area contributed by atoms with E-state index in [2.05, 4.69) is 35.1 Å². The monoisotopic (exact) mass is 324 g/mol. The van der Waals surface area contributed by atoms with Crippen molar-refractivity contribution in [1.29, 1.82) is 0 Å². The summed E-state index contributed by atoms with van der Waals surface area (Å²) in [5.74, 6) is 0.270. The van der Waals surface area contributed by atoms with Crippen molar-refractivity contribution in [2.75, 3.05) is 11.9 Å². The molecule has 0 bridgehead atoms. The minimum Gasteiger partial charge on any atom is -0.870 e. The number of hydrogen-bond acceptors (Lipinski definition) is 2. The van der Waals surface area contributed by atoms with Gasteiger partial charge in [-0.25, -0.2) is 0 Å². The van der Waals surface area contributed by atoms with Crippen LogP contribution in [0.2, 0.25) is 10.0 Å². The molecule has 0 aliphatic heterocycles. The third-order valence-electron chi connectivity index (χ3n) is 2.22. The summed E-state index contributed by atoms with van der Waals surface area (Å²) in [5, 5.41) is 15.3. The Labute approximate surface area is 114 Å². The van der Waals surface area contributed by atoms with Crippen LogP contribution in [-0.2, 0) is 0 Å². The molecule has 2 nitrogen and oxygen atoms in total. The molecule has 0 radical (unpaired) electrons. The van der Waals surface area contributed by atoms with Crippen LogP contribution in [0.5, 0.6) is 5.75 Å². The highest BCUT2D eigenvalue weighted by Crippen LogP contribution is 2.33. The smallest absolute Gasteiger partial charge is 0.0440 e. The van der Waals surface area contributed by atoms with Crippen LogP contribution in [0.3, 0.4) is 0 Å². The number of nitrogens with one attached hydrogen (secondary N) is 1. The van der Waals surface area contributed by atoms with Crippen LogP contribution >= 0.6 is 39.1 Å². The van der Waals surface area contributed by atoms with Gasteiger partial charge in [-0.1, -0.05) is 58.7 Å². The summed E-state index contributed by atoms with van der Waals surface area (Å²) < 4.78 is 0. The number of benzene rings is 1. The van der Waals surface area contributed by atoms with Gasteiger partial charge in [-0.15, -0.1) is 0 Å². The molecule has 0 aromatic heterocycles. The molecule has 0 saturated carbocycles. The van der Waals surface area contributed by atoms with Gasteiger partial charge >= 0.3 is 0 Å². The molecule has 0 amide bonds. The van der Waals surface area contributed by atoms with E-state index in [1.165, 1.54) is 6.07 Å². The topological polar surface area (TPSA) is 35.1 Å². The highest BCUT2D eigenvalue weighted by molar-refractivity contribution is 9.09. The van der Waals surface area contributed by atoms with Crippen molar-refractivity contribution >= 4 is 44.8 Å². The summed E-state index contributed by atoms with van der Waals surface area (Å²) in [6, 6.07) is 3.04. The molecule has 16 heavy (non-hydrogen) atoms. The van der Waals surface area contributed by atoms with E-state index in [9.17, 15) is 5.11 Å². The van der Waals surface area contributed by atoms with Crippen molar-refractivity contribution < 1.29 is 5.11 Å². The maximum Gasteiger partial charge on any atom is 0.0440 e. The maximum absolute atomic E-state index is 11.6. The summed E-state index contributed by atoms with van der Waals surface area (Å²) in [7, 11) is 0. The third-order valence-corrected chi connectivity index (χ3v) is 4.10. The molecule has 0 saturated heterocycles. The Morgan fingerprint density at radius 2 is 2.00 bits per heavy atom. The van der Waals surface area contributed by atoms with Crippen molar-refractivity contribution in [2.45, 2.75) is 18.7 Å². The molecule has 1 aromatic carbocycles.